The van der Waals surface area contributed by atoms with E-state index in [1.165, 1.54) is 31.2 Å². The summed E-state index contributed by atoms with van der Waals surface area (Å²) in [5, 5.41) is 0. The molecule has 0 aliphatic rings. The number of hydrogen-bond acceptors (Lipinski definition) is 3. The third-order valence-electron chi connectivity index (χ3n) is 3.18. The van der Waals surface area contributed by atoms with Crippen molar-refractivity contribution >= 4 is 10.4 Å². The average Bonchev–Trinajstić information content (AvgIpc) is 2.41. The molecule has 0 bridgehead atoms. The van der Waals surface area contributed by atoms with Crippen LogP contribution in [0, 0.1) is 0 Å². The van der Waals surface area contributed by atoms with E-state index >= 15 is 0 Å². The highest BCUT2D eigenvalue weighted by Gasteiger charge is 2.02. The molecule has 0 amide bonds. The Morgan fingerprint density at radius 3 is 2.00 bits per heavy atom. The summed E-state index contributed by atoms with van der Waals surface area (Å²) < 4.78 is 33.2. The minimum Gasteiger partial charge on any atom is -0.264 e. The van der Waals surface area contributed by atoms with E-state index in [0.717, 1.165) is 19.3 Å². The van der Waals surface area contributed by atoms with Crippen molar-refractivity contribution in [2.75, 3.05) is 6.61 Å². The standard InChI is InChI=1S/C15H24O4S/c16-20(17,18)19-14-10-5-3-1-2-4-7-11-15-12-8-6-9-13-15/h6,8-9,12-13H,1-5,7,10-11,14H2,(H,16,17,18). The van der Waals surface area contributed by atoms with Gasteiger partial charge in [0.1, 0.15) is 0 Å². The van der Waals surface area contributed by atoms with Gasteiger partial charge in [0, 0.05) is 0 Å². The molecule has 5 heteroatoms. The molecular formula is C15H24O4S. The van der Waals surface area contributed by atoms with Gasteiger partial charge in [0.2, 0.25) is 0 Å². The zero-order chi connectivity index (χ0) is 14.7. The third-order valence-corrected chi connectivity index (χ3v) is 3.65. The molecule has 0 aromatic heterocycles. The van der Waals surface area contributed by atoms with Crippen molar-refractivity contribution in [1.29, 1.82) is 0 Å². The molecule has 0 fully saturated rings. The number of rotatable bonds is 11. The van der Waals surface area contributed by atoms with Gasteiger partial charge in [-0.3, -0.25) is 4.55 Å². The van der Waals surface area contributed by atoms with E-state index in [1.54, 1.807) is 0 Å². The summed E-state index contributed by atoms with van der Waals surface area (Å²) in [7, 11) is -4.26. The van der Waals surface area contributed by atoms with Gasteiger partial charge in [-0.2, -0.15) is 8.42 Å². The van der Waals surface area contributed by atoms with E-state index in [1.807, 2.05) is 6.07 Å². The zero-order valence-electron chi connectivity index (χ0n) is 11.8. The molecule has 0 heterocycles. The highest BCUT2D eigenvalue weighted by molar-refractivity contribution is 7.80. The van der Waals surface area contributed by atoms with Gasteiger partial charge in [-0.25, -0.2) is 4.18 Å². The first-order chi connectivity index (χ1) is 9.58. The first kappa shape index (κ1) is 17.1. The molecule has 0 spiro atoms. The van der Waals surface area contributed by atoms with E-state index in [0.29, 0.717) is 6.42 Å². The number of hydrogen-bond donors (Lipinski definition) is 1. The topological polar surface area (TPSA) is 63.6 Å². The first-order valence-corrected chi connectivity index (χ1v) is 8.60. The predicted octanol–water partition coefficient (Wildman–Crippen LogP) is 3.78. The van der Waals surface area contributed by atoms with Crippen LogP contribution in [0.15, 0.2) is 30.3 Å². The lowest BCUT2D eigenvalue weighted by Crippen LogP contribution is -2.04. The molecule has 0 saturated heterocycles. The van der Waals surface area contributed by atoms with Crippen molar-refractivity contribution < 1.29 is 17.2 Å². The highest BCUT2D eigenvalue weighted by Crippen LogP contribution is 2.10. The second-order valence-electron chi connectivity index (χ2n) is 4.96. The Kier molecular flexibility index (Phi) is 8.49. The molecule has 0 aliphatic carbocycles. The predicted molar refractivity (Wildman–Crippen MR) is 80.0 cm³/mol. The quantitative estimate of drug-likeness (QED) is 0.499. The van der Waals surface area contributed by atoms with Gasteiger partial charge < -0.3 is 0 Å². The van der Waals surface area contributed by atoms with Crippen molar-refractivity contribution in [2.24, 2.45) is 0 Å². The Morgan fingerprint density at radius 2 is 1.40 bits per heavy atom. The molecule has 1 rings (SSSR count). The van der Waals surface area contributed by atoms with Crippen LogP contribution in [0.2, 0.25) is 0 Å². The molecule has 1 aromatic carbocycles. The van der Waals surface area contributed by atoms with Crippen molar-refractivity contribution in [2.45, 2.75) is 51.4 Å². The molecule has 114 valence electrons. The van der Waals surface area contributed by atoms with Gasteiger partial charge in [-0.15, -0.1) is 0 Å². The maximum Gasteiger partial charge on any atom is 0.397 e. The van der Waals surface area contributed by atoms with Crippen molar-refractivity contribution in [1.82, 2.24) is 0 Å². The van der Waals surface area contributed by atoms with Crippen molar-refractivity contribution in [3.05, 3.63) is 35.9 Å². The van der Waals surface area contributed by atoms with Crippen LogP contribution in [-0.2, 0) is 21.0 Å². The molecule has 20 heavy (non-hydrogen) atoms. The van der Waals surface area contributed by atoms with Crippen LogP contribution >= 0.6 is 0 Å². The third kappa shape index (κ3) is 9.95. The summed E-state index contributed by atoms with van der Waals surface area (Å²) >= 11 is 0. The molecule has 4 nitrogen and oxygen atoms in total. The lowest BCUT2D eigenvalue weighted by molar-refractivity contribution is 0.261. The van der Waals surface area contributed by atoms with Gasteiger partial charge in [-0.05, 0) is 24.8 Å². The molecule has 0 unspecified atom stereocenters. The summed E-state index contributed by atoms with van der Waals surface area (Å²) in [6.45, 7) is 0.0762. The Labute approximate surface area is 122 Å². The van der Waals surface area contributed by atoms with E-state index < -0.39 is 10.4 Å². The van der Waals surface area contributed by atoms with Crippen LogP contribution in [-0.4, -0.2) is 19.6 Å². The molecule has 0 aliphatic heterocycles. The average molecular weight is 300 g/mol. The lowest BCUT2D eigenvalue weighted by atomic mass is 10.0. The number of unbranched alkanes of at least 4 members (excludes halogenated alkanes) is 6. The summed E-state index contributed by atoms with van der Waals surface area (Å²) in [4.78, 5) is 0. The van der Waals surface area contributed by atoms with Gasteiger partial charge in [-0.1, -0.05) is 62.4 Å². The minimum atomic E-state index is -4.26. The van der Waals surface area contributed by atoms with Gasteiger partial charge in [0.15, 0.2) is 0 Å². The largest absolute Gasteiger partial charge is 0.397 e. The van der Waals surface area contributed by atoms with Gasteiger partial charge in [0.05, 0.1) is 6.61 Å². The molecule has 1 aromatic rings. The SMILES string of the molecule is O=S(=O)(O)OCCCCCCCCCc1ccccc1. The fourth-order valence-corrected chi connectivity index (χ4v) is 2.45. The highest BCUT2D eigenvalue weighted by atomic mass is 32.3. The van der Waals surface area contributed by atoms with Crippen LogP contribution < -0.4 is 0 Å². The summed E-state index contributed by atoms with van der Waals surface area (Å²) in [6, 6.07) is 10.5. The second kappa shape index (κ2) is 9.91. The summed E-state index contributed by atoms with van der Waals surface area (Å²) in [5.41, 5.74) is 1.40. The van der Waals surface area contributed by atoms with Crippen molar-refractivity contribution in [3.8, 4) is 0 Å². The maximum absolute atomic E-state index is 10.3. The molecule has 1 N–H and O–H groups in total. The smallest absolute Gasteiger partial charge is 0.264 e. The van der Waals surface area contributed by atoms with Crippen molar-refractivity contribution in [3.63, 3.8) is 0 Å². The van der Waals surface area contributed by atoms with E-state index in [2.05, 4.69) is 28.4 Å². The van der Waals surface area contributed by atoms with E-state index in [4.69, 9.17) is 4.55 Å². The van der Waals surface area contributed by atoms with Gasteiger partial charge >= 0.3 is 10.4 Å². The molecular weight excluding hydrogens is 276 g/mol. The number of aryl methyl sites for hydroxylation is 1. The lowest BCUT2D eigenvalue weighted by Gasteiger charge is -2.03. The number of benzene rings is 1. The molecule has 0 saturated carbocycles. The fourth-order valence-electron chi connectivity index (χ4n) is 2.12. The fraction of sp³-hybridized carbons (Fsp3) is 0.600. The van der Waals surface area contributed by atoms with Crippen LogP contribution in [0.4, 0.5) is 0 Å². The molecule has 0 radical (unpaired) electrons. The zero-order valence-corrected chi connectivity index (χ0v) is 12.6. The first-order valence-electron chi connectivity index (χ1n) is 7.24. The summed E-state index contributed by atoms with van der Waals surface area (Å²) in [6.07, 6.45) is 8.67. The molecule has 0 atom stereocenters. The Hall–Kier alpha value is -0.910. The minimum absolute atomic E-state index is 0.0762. The van der Waals surface area contributed by atoms with Crippen LogP contribution in [0.25, 0.3) is 0 Å². The monoisotopic (exact) mass is 300 g/mol. The van der Waals surface area contributed by atoms with Crippen LogP contribution in [0.1, 0.15) is 50.5 Å². The maximum atomic E-state index is 10.3. The van der Waals surface area contributed by atoms with E-state index in [9.17, 15) is 8.42 Å². The van der Waals surface area contributed by atoms with Crippen LogP contribution in [0.5, 0.6) is 0 Å². The second-order valence-corrected chi connectivity index (χ2v) is 6.05. The van der Waals surface area contributed by atoms with Crippen LogP contribution in [0.3, 0.4) is 0 Å². The normalized spacial score (nSPS) is 11.7. The van der Waals surface area contributed by atoms with E-state index in [-0.39, 0.29) is 6.61 Å². The summed E-state index contributed by atoms with van der Waals surface area (Å²) in [5.74, 6) is 0. The van der Waals surface area contributed by atoms with Gasteiger partial charge in [0.25, 0.3) is 0 Å². The Bertz CT molecular complexity index is 442. The Morgan fingerprint density at radius 1 is 0.850 bits per heavy atom. The Balaban J connectivity index is 1.86.